The van der Waals surface area contributed by atoms with Crippen molar-refractivity contribution in [2.24, 2.45) is 5.14 Å². The van der Waals surface area contributed by atoms with Crippen LogP contribution in [0.4, 0.5) is 17.6 Å². The van der Waals surface area contributed by atoms with Gasteiger partial charge in [-0.05, 0) is 45.9 Å². The number of benzene rings is 4. The number of carbonyl (C=O) groups excluding carboxylic acids is 1. The molecule has 0 spiro atoms. The van der Waals surface area contributed by atoms with Gasteiger partial charge >= 0.3 is 17.8 Å². The van der Waals surface area contributed by atoms with Gasteiger partial charge in [0.05, 0.1) is 17.3 Å². The number of hydrogen-bond acceptors (Lipinski definition) is 7. The third-order valence-corrected chi connectivity index (χ3v) is 16.9. The number of nitrogens with zero attached hydrogens (tertiary/aromatic N) is 2. The Morgan fingerprint density at radius 2 is 1.40 bits per heavy atom. The molecular formula is C43H49F4N3O5S2Si. The van der Waals surface area contributed by atoms with Crippen molar-refractivity contribution in [3.8, 4) is 11.1 Å². The fourth-order valence-electron chi connectivity index (χ4n) is 6.92. The predicted octanol–water partition coefficient (Wildman–Crippen LogP) is 8.70. The van der Waals surface area contributed by atoms with Gasteiger partial charge < -0.3 is 13.7 Å². The van der Waals surface area contributed by atoms with Crippen LogP contribution in [0.15, 0.2) is 119 Å². The smallest absolute Gasteiger partial charge is 0.357 e. The monoisotopic (exact) mass is 855 g/mol. The van der Waals surface area contributed by atoms with Gasteiger partial charge in [0.2, 0.25) is 10.0 Å². The van der Waals surface area contributed by atoms with Crippen molar-refractivity contribution in [1.82, 2.24) is 9.55 Å². The van der Waals surface area contributed by atoms with Crippen LogP contribution < -0.4 is 15.5 Å². The fraction of sp³-hybridized carbons (Fsp3) is 0.349. The molecule has 310 valence electrons. The summed E-state index contributed by atoms with van der Waals surface area (Å²) in [5.41, 5.74) is 1.54. The van der Waals surface area contributed by atoms with E-state index in [1.165, 1.54) is 6.07 Å². The number of aromatic nitrogens is 2. The van der Waals surface area contributed by atoms with Crippen LogP contribution in [0.5, 0.6) is 0 Å². The summed E-state index contributed by atoms with van der Waals surface area (Å²) >= 11 is 0.374. The summed E-state index contributed by atoms with van der Waals surface area (Å²) in [6.07, 6.45) is 1.79. The number of carbonyl (C=O) groups is 1. The average Bonchev–Trinajstić information content (AvgIpc) is 3.53. The van der Waals surface area contributed by atoms with Gasteiger partial charge in [-0.2, -0.15) is 17.6 Å². The molecule has 0 aliphatic carbocycles. The van der Waals surface area contributed by atoms with Crippen LogP contribution in [0.2, 0.25) is 5.04 Å². The number of unbranched alkanes of at least 4 members (excludes halogenated alkanes) is 1. The zero-order chi connectivity index (χ0) is 42.4. The zero-order valence-corrected chi connectivity index (χ0v) is 35.8. The Kier molecular flexibility index (Phi) is 14.2. The van der Waals surface area contributed by atoms with Gasteiger partial charge in [-0.25, -0.2) is 23.3 Å². The number of ether oxygens (including phenoxy) is 1. The first-order chi connectivity index (χ1) is 27.4. The summed E-state index contributed by atoms with van der Waals surface area (Å²) < 4.78 is 101. The molecule has 1 aromatic heterocycles. The van der Waals surface area contributed by atoms with Crippen molar-refractivity contribution in [1.29, 1.82) is 0 Å². The van der Waals surface area contributed by atoms with Gasteiger partial charge in [0.25, 0.3) is 8.32 Å². The Balaban J connectivity index is 1.46. The quantitative estimate of drug-likeness (QED) is 0.0406. The lowest BCUT2D eigenvalue weighted by Gasteiger charge is -2.44. The van der Waals surface area contributed by atoms with E-state index in [9.17, 15) is 13.2 Å². The van der Waals surface area contributed by atoms with Gasteiger partial charge in [0, 0.05) is 18.5 Å². The van der Waals surface area contributed by atoms with E-state index in [4.69, 9.17) is 14.3 Å². The maximum Gasteiger partial charge on any atom is 0.357 e. The first kappa shape index (κ1) is 44.8. The molecule has 0 saturated carbocycles. The molecule has 0 unspecified atom stereocenters. The molecule has 5 aromatic rings. The number of nitrogens with two attached hydrogens (primary N) is 1. The molecular weight excluding hydrogens is 807 g/mol. The van der Waals surface area contributed by atoms with E-state index in [-0.39, 0.29) is 28.8 Å². The SMILES string of the molecule is CCCCc1nc(SCC(F)(F)C(F)(F)CO[Si](c2ccccc2)(c2ccccc2)C(C)(C)C)c(C(=O)OCC)n1Cc1ccc(-c2ccccc2S(N)(=O)=O)cc1. The van der Waals surface area contributed by atoms with E-state index >= 15 is 17.6 Å². The van der Waals surface area contributed by atoms with E-state index in [0.29, 0.717) is 57.5 Å². The van der Waals surface area contributed by atoms with Crippen LogP contribution in [0.1, 0.15) is 69.3 Å². The van der Waals surface area contributed by atoms with Crippen LogP contribution in [0.3, 0.4) is 0 Å². The van der Waals surface area contributed by atoms with Crippen molar-refractivity contribution in [2.45, 2.75) is 87.2 Å². The molecule has 5 rings (SSSR count). The fourth-order valence-corrected chi connectivity index (χ4v) is 13.3. The number of imidazole rings is 1. The highest BCUT2D eigenvalue weighted by molar-refractivity contribution is 7.99. The van der Waals surface area contributed by atoms with E-state index in [1.54, 1.807) is 115 Å². The van der Waals surface area contributed by atoms with Crippen molar-refractivity contribution in [3.05, 3.63) is 126 Å². The van der Waals surface area contributed by atoms with E-state index < -0.39 is 53.6 Å². The summed E-state index contributed by atoms with van der Waals surface area (Å²) in [6.45, 7) is 7.68. The second kappa shape index (κ2) is 18.3. The van der Waals surface area contributed by atoms with E-state index in [0.717, 1.165) is 6.42 Å². The molecule has 0 atom stereocenters. The number of sulfonamides is 1. The van der Waals surface area contributed by atoms with Gasteiger partial charge in [-0.15, -0.1) is 0 Å². The second-order valence-electron chi connectivity index (χ2n) is 15.0. The van der Waals surface area contributed by atoms with E-state index in [2.05, 4.69) is 4.98 Å². The zero-order valence-electron chi connectivity index (χ0n) is 33.2. The molecule has 0 amide bonds. The van der Waals surface area contributed by atoms with Crippen LogP contribution in [-0.2, 0) is 32.2 Å². The minimum atomic E-state index is -4.60. The lowest BCUT2D eigenvalue weighted by atomic mass is 10.0. The van der Waals surface area contributed by atoms with Gasteiger partial charge in [0.15, 0.2) is 5.69 Å². The molecule has 0 bridgehead atoms. The third-order valence-electron chi connectivity index (χ3n) is 9.85. The summed E-state index contributed by atoms with van der Waals surface area (Å²) in [5, 5.41) is 5.93. The highest BCUT2D eigenvalue weighted by Gasteiger charge is 2.59. The highest BCUT2D eigenvalue weighted by Crippen LogP contribution is 2.43. The maximum atomic E-state index is 16.0. The van der Waals surface area contributed by atoms with Gasteiger partial charge in [-0.1, -0.05) is 149 Å². The topological polar surface area (TPSA) is 114 Å². The third kappa shape index (κ3) is 9.76. The lowest BCUT2D eigenvalue weighted by molar-refractivity contribution is -0.209. The molecule has 8 nitrogen and oxygen atoms in total. The number of aryl methyl sites for hydroxylation is 1. The molecule has 0 fully saturated rings. The Bertz CT molecular complexity index is 2230. The number of primary sulfonamides is 1. The summed E-state index contributed by atoms with van der Waals surface area (Å²) in [5.74, 6) is -11.0. The first-order valence-corrected chi connectivity index (χ1v) is 23.4. The standard InChI is InChI=1S/C43H49F4N3O5S2Si/c1-6-8-23-37-49-39(38(40(51)54-7-2)50(37)28-31-24-26-32(27-25-31)35-21-15-16-22-36(35)57(48,52)53)56-30-43(46,47)42(44,45)29-55-58(41(3,4)5,33-17-11-9-12-18-33)34-19-13-10-14-20-34/h9-22,24-27H,6-8,23,28-30H2,1-5H3,(H2,48,52,53). The summed E-state index contributed by atoms with van der Waals surface area (Å²) in [6, 6.07) is 31.1. The Labute approximate surface area is 343 Å². The molecule has 0 aliphatic rings. The first-order valence-electron chi connectivity index (χ1n) is 19.0. The molecule has 2 N–H and O–H groups in total. The molecule has 58 heavy (non-hydrogen) atoms. The lowest BCUT2D eigenvalue weighted by Crippen LogP contribution is -2.68. The van der Waals surface area contributed by atoms with Crippen LogP contribution in [0, 0.1) is 0 Å². The van der Waals surface area contributed by atoms with Crippen LogP contribution >= 0.6 is 11.8 Å². The molecule has 0 aliphatic heterocycles. The number of alkyl halides is 4. The molecule has 1 heterocycles. The minimum absolute atomic E-state index is 0.0234. The number of hydrogen-bond donors (Lipinski definition) is 1. The Hall–Kier alpha value is -4.28. The molecule has 0 radical (unpaired) electrons. The van der Waals surface area contributed by atoms with Crippen molar-refractivity contribution < 1.29 is 39.9 Å². The largest absolute Gasteiger partial charge is 0.461 e. The van der Waals surface area contributed by atoms with Crippen LogP contribution in [-0.4, -0.2) is 63.1 Å². The minimum Gasteiger partial charge on any atom is -0.461 e. The summed E-state index contributed by atoms with van der Waals surface area (Å²) in [4.78, 5) is 18.1. The van der Waals surface area contributed by atoms with Crippen molar-refractivity contribution >= 4 is 46.4 Å². The van der Waals surface area contributed by atoms with Gasteiger partial charge in [-0.3, -0.25) is 0 Å². The second-order valence-corrected chi connectivity index (χ2v) is 21.8. The number of thioether (sulfide) groups is 1. The molecule has 4 aromatic carbocycles. The van der Waals surface area contributed by atoms with Crippen LogP contribution in [0.25, 0.3) is 11.1 Å². The normalized spacial score (nSPS) is 12.8. The maximum absolute atomic E-state index is 16.0. The number of halogens is 4. The Morgan fingerprint density at radius 1 is 0.828 bits per heavy atom. The predicted molar refractivity (Wildman–Crippen MR) is 223 cm³/mol. The van der Waals surface area contributed by atoms with Crippen molar-refractivity contribution in [2.75, 3.05) is 19.0 Å². The number of rotatable bonds is 18. The molecule has 0 saturated heterocycles. The summed E-state index contributed by atoms with van der Waals surface area (Å²) in [7, 11) is -7.58. The Morgan fingerprint density at radius 3 is 1.93 bits per heavy atom. The van der Waals surface area contributed by atoms with Crippen molar-refractivity contribution in [3.63, 3.8) is 0 Å². The molecule has 15 heteroatoms. The average molecular weight is 856 g/mol. The highest BCUT2D eigenvalue weighted by atomic mass is 32.2. The number of esters is 1. The van der Waals surface area contributed by atoms with Gasteiger partial charge in [0.1, 0.15) is 17.5 Å². The van der Waals surface area contributed by atoms with E-state index in [1.807, 2.05) is 27.7 Å².